The van der Waals surface area contributed by atoms with Crippen LogP contribution in [-0.2, 0) is 14.8 Å². The largest absolute Gasteiger partial charge is 0.493 e. The maximum Gasteiger partial charge on any atom is 0.261 e. The van der Waals surface area contributed by atoms with Crippen LogP contribution in [0.25, 0.3) is 0 Å². The quantitative estimate of drug-likeness (QED) is 0.422. The molecule has 0 spiro atoms. The summed E-state index contributed by atoms with van der Waals surface area (Å²) in [5, 5.41) is 0. The van der Waals surface area contributed by atoms with Crippen molar-refractivity contribution in [3.8, 4) is 11.5 Å². The van der Waals surface area contributed by atoms with E-state index in [0.29, 0.717) is 35.8 Å². The van der Waals surface area contributed by atoms with Crippen LogP contribution in [0.4, 0.5) is 15.8 Å². The van der Waals surface area contributed by atoms with E-state index in [-0.39, 0.29) is 22.8 Å². The van der Waals surface area contributed by atoms with Gasteiger partial charge >= 0.3 is 0 Å². The van der Waals surface area contributed by atoms with E-state index >= 15 is 0 Å². The van der Waals surface area contributed by atoms with Crippen molar-refractivity contribution in [2.24, 2.45) is 0 Å². The third-order valence-electron chi connectivity index (χ3n) is 6.91. The van der Waals surface area contributed by atoms with Gasteiger partial charge in [-0.2, -0.15) is 0 Å². The summed E-state index contributed by atoms with van der Waals surface area (Å²) in [6, 6.07) is 17.1. The molecule has 7 nitrogen and oxygen atoms in total. The van der Waals surface area contributed by atoms with E-state index in [0.717, 1.165) is 43.4 Å². The SMILES string of the molecule is COc1ccc(C2CC(=O)N(c3cccc(NS(=O)(=O)c4ccc(F)cc4)c3)C2)cc1OC1CCCC1. The maximum absolute atomic E-state index is 13.2. The molecule has 1 heterocycles. The third-order valence-corrected chi connectivity index (χ3v) is 8.31. The molecule has 1 N–H and O–H groups in total. The highest BCUT2D eigenvalue weighted by Crippen LogP contribution is 2.38. The molecule has 0 aromatic heterocycles. The summed E-state index contributed by atoms with van der Waals surface area (Å²) in [6.45, 7) is 0.461. The summed E-state index contributed by atoms with van der Waals surface area (Å²) in [4.78, 5) is 14.6. The minimum absolute atomic E-state index is 0.0381. The Morgan fingerprint density at radius 2 is 1.73 bits per heavy atom. The smallest absolute Gasteiger partial charge is 0.261 e. The summed E-state index contributed by atoms with van der Waals surface area (Å²) in [7, 11) is -2.29. The molecule has 1 unspecified atom stereocenters. The van der Waals surface area contributed by atoms with E-state index in [1.807, 2.05) is 18.2 Å². The predicted molar refractivity (Wildman–Crippen MR) is 139 cm³/mol. The summed E-state index contributed by atoms with van der Waals surface area (Å²) in [5.74, 6) is 0.784. The second-order valence-electron chi connectivity index (χ2n) is 9.45. The first-order valence-corrected chi connectivity index (χ1v) is 13.8. The first kappa shape index (κ1) is 25.1. The number of benzene rings is 3. The van der Waals surface area contributed by atoms with Crippen molar-refractivity contribution in [3.63, 3.8) is 0 Å². The number of amides is 1. The van der Waals surface area contributed by atoms with Gasteiger partial charge in [0.15, 0.2) is 11.5 Å². The summed E-state index contributed by atoms with van der Waals surface area (Å²) in [5.41, 5.74) is 1.91. The number of nitrogens with one attached hydrogen (secondary N) is 1. The van der Waals surface area contributed by atoms with E-state index in [4.69, 9.17) is 9.47 Å². The molecular weight excluding hydrogens is 495 g/mol. The molecule has 0 bridgehead atoms. The van der Waals surface area contributed by atoms with Gasteiger partial charge in [0.05, 0.1) is 23.8 Å². The fraction of sp³-hybridized carbons (Fsp3) is 0.321. The van der Waals surface area contributed by atoms with Gasteiger partial charge < -0.3 is 14.4 Å². The van der Waals surface area contributed by atoms with Gasteiger partial charge in [-0.25, -0.2) is 12.8 Å². The Balaban J connectivity index is 1.33. The van der Waals surface area contributed by atoms with Crippen LogP contribution in [0.3, 0.4) is 0 Å². The molecule has 2 aliphatic rings. The summed E-state index contributed by atoms with van der Waals surface area (Å²) >= 11 is 0. The fourth-order valence-electron chi connectivity index (χ4n) is 4.97. The Hall–Kier alpha value is -3.59. The van der Waals surface area contributed by atoms with Crippen molar-refractivity contribution < 1.29 is 27.1 Å². The van der Waals surface area contributed by atoms with Crippen LogP contribution in [0.5, 0.6) is 11.5 Å². The van der Waals surface area contributed by atoms with Gasteiger partial charge in [-0.05, 0) is 85.8 Å². The van der Waals surface area contributed by atoms with Crippen LogP contribution >= 0.6 is 0 Å². The second kappa shape index (κ2) is 10.4. The number of hydrogen-bond acceptors (Lipinski definition) is 5. The first-order valence-electron chi connectivity index (χ1n) is 12.4. The topological polar surface area (TPSA) is 84.9 Å². The van der Waals surface area contributed by atoms with Crippen LogP contribution in [0.2, 0.25) is 0 Å². The Morgan fingerprint density at radius 1 is 0.973 bits per heavy atom. The molecule has 1 aliphatic carbocycles. The van der Waals surface area contributed by atoms with Crippen LogP contribution in [-0.4, -0.2) is 34.1 Å². The zero-order chi connectivity index (χ0) is 26.0. The lowest BCUT2D eigenvalue weighted by Gasteiger charge is -2.20. The summed E-state index contributed by atoms with van der Waals surface area (Å²) in [6.07, 6.45) is 4.91. The van der Waals surface area contributed by atoms with Gasteiger partial charge in [0.2, 0.25) is 5.91 Å². The molecule has 3 aromatic carbocycles. The lowest BCUT2D eigenvalue weighted by Crippen LogP contribution is -2.24. The molecule has 1 atom stereocenters. The third kappa shape index (κ3) is 5.56. The molecule has 194 valence electrons. The van der Waals surface area contributed by atoms with Gasteiger partial charge in [0.1, 0.15) is 5.82 Å². The van der Waals surface area contributed by atoms with Gasteiger partial charge in [-0.1, -0.05) is 12.1 Å². The lowest BCUT2D eigenvalue weighted by molar-refractivity contribution is -0.117. The number of ether oxygens (including phenoxy) is 2. The number of halogens is 1. The van der Waals surface area contributed by atoms with Crippen molar-refractivity contribution in [3.05, 3.63) is 78.1 Å². The van der Waals surface area contributed by atoms with Crippen LogP contribution < -0.4 is 19.1 Å². The van der Waals surface area contributed by atoms with Crippen molar-refractivity contribution in [1.82, 2.24) is 0 Å². The van der Waals surface area contributed by atoms with E-state index in [2.05, 4.69) is 4.72 Å². The zero-order valence-electron chi connectivity index (χ0n) is 20.5. The van der Waals surface area contributed by atoms with E-state index < -0.39 is 15.8 Å². The maximum atomic E-state index is 13.2. The molecule has 1 saturated carbocycles. The number of nitrogens with zero attached hydrogens (tertiary/aromatic N) is 1. The number of rotatable bonds is 8. The predicted octanol–water partition coefficient (Wildman–Crippen LogP) is 5.48. The number of methoxy groups -OCH3 is 1. The molecule has 1 saturated heterocycles. The monoisotopic (exact) mass is 524 g/mol. The number of hydrogen-bond donors (Lipinski definition) is 1. The Bertz CT molecular complexity index is 1390. The van der Waals surface area contributed by atoms with E-state index in [9.17, 15) is 17.6 Å². The average Bonchev–Trinajstić information content (AvgIpc) is 3.54. The van der Waals surface area contributed by atoms with E-state index in [1.165, 1.54) is 12.1 Å². The number of anilines is 2. The van der Waals surface area contributed by atoms with E-state index in [1.54, 1.807) is 36.3 Å². The lowest BCUT2D eigenvalue weighted by atomic mass is 9.98. The second-order valence-corrected chi connectivity index (χ2v) is 11.1. The van der Waals surface area contributed by atoms with Gasteiger partial charge in [-0.15, -0.1) is 0 Å². The van der Waals surface area contributed by atoms with Crippen molar-refractivity contribution in [2.75, 3.05) is 23.3 Å². The minimum Gasteiger partial charge on any atom is -0.493 e. The average molecular weight is 525 g/mol. The van der Waals surface area contributed by atoms with Gasteiger partial charge in [0, 0.05) is 24.6 Å². The first-order chi connectivity index (χ1) is 17.8. The molecule has 9 heteroatoms. The number of sulfonamides is 1. The van der Waals surface area contributed by atoms with Crippen LogP contribution in [0.1, 0.15) is 43.6 Å². The van der Waals surface area contributed by atoms with Gasteiger partial charge in [-0.3, -0.25) is 9.52 Å². The molecular formula is C28H29FN2O5S. The van der Waals surface area contributed by atoms with Crippen LogP contribution in [0.15, 0.2) is 71.6 Å². The normalized spacial score (nSPS) is 18.3. The molecule has 1 aliphatic heterocycles. The number of carbonyl (C=O) groups is 1. The standard InChI is InChI=1S/C28H29FN2O5S/c1-35-26-14-9-19(15-27(26)36-24-7-2-3-8-24)20-16-28(32)31(18-20)23-6-4-5-22(17-23)30-37(33,34)25-12-10-21(29)11-13-25/h4-6,9-15,17,20,24,30H,2-3,7-8,16,18H2,1H3. The van der Waals surface area contributed by atoms with Crippen molar-refractivity contribution in [2.45, 2.75) is 49.0 Å². The molecule has 1 amide bonds. The minimum atomic E-state index is -3.91. The highest BCUT2D eigenvalue weighted by molar-refractivity contribution is 7.92. The molecule has 37 heavy (non-hydrogen) atoms. The Labute approximate surface area is 216 Å². The number of carbonyl (C=O) groups excluding carboxylic acids is 1. The molecule has 3 aromatic rings. The Kier molecular flexibility index (Phi) is 7.06. The van der Waals surface area contributed by atoms with Gasteiger partial charge in [0.25, 0.3) is 10.0 Å². The zero-order valence-corrected chi connectivity index (χ0v) is 21.3. The van der Waals surface area contributed by atoms with Crippen molar-refractivity contribution >= 4 is 27.3 Å². The molecule has 2 fully saturated rings. The summed E-state index contributed by atoms with van der Waals surface area (Å²) < 4.78 is 52.9. The molecule has 0 radical (unpaired) electrons. The van der Waals surface area contributed by atoms with Crippen LogP contribution in [0, 0.1) is 5.82 Å². The van der Waals surface area contributed by atoms with Crippen molar-refractivity contribution in [1.29, 1.82) is 0 Å². The molecule has 5 rings (SSSR count). The highest BCUT2D eigenvalue weighted by Gasteiger charge is 2.32. The highest BCUT2D eigenvalue weighted by atomic mass is 32.2. The fourth-order valence-corrected chi connectivity index (χ4v) is 6.02. The Morgan fingerprint density at radius 3 is 2.46 bits per heavy atom.